The highest BCUT2D eigenvalue weighted by molar-refractivity contribution is 5.94. The number of esters is 1. The maximum absolute atomic E-state index is 11.8. The SMILES string of the molecule is CC(C)n1ccc(COC(=O)c2ccccc2N)n1. The van der Waals surface area contributed by atoms with E-state index in [4.69, 9.17) is 10.5 Å². The summed E-state index contributed by atoms with van der Waals surface area (Å²) >= 11 is 0. The van der Waals surface area contributed by atoms with Crippen LogP contribution in [0.5, 0.6) is 0 Å². The van der Waals surface area contributed by atoms with Gasteiger partial charge in [0.05, 0.1) is 11.3 Å². The molecule has 0 saturated carbocycles. The zero-order chi connectivity index (χ0) is 13.8. The van der Waals surface area contributed by atoms with Crippen molar-refractivity contribution in [3.63, 3.8) is 0 Å². The van der Waals surface area contributed by atoms with Crippen LogP contribution in [0, 0.1) is 0 Å². The third kappa shape index (κ3) is 3.13. The van der Waals surface area contributed by atoms with Gasteiger partial charge in [0.25, 0.3) is 0 Å². The molecular formula is C14H17N3O2. The van der Waals surface area contributed by atoms with Crippen molar-refractivity contribution in [3.8, 4) is 0 Å². The predicted molar refractivity (Wildman–Crippen MR) is 72.6 cm³/mol. The standard InChI is InChI=1S/C14H17N3O2/c1-10(2)17-8-7-11(16-17)9-19-14(18)12-5-3-4-6-13(12)15/h3-8,10H,9,15H2,1-2H3. The fourth-order valence-electron chi connectivity index (χ4n) is 1.64. The lowest BCUT2D eigenvalue weighted by Gasteiger charge is -2.06. The van der Waals surface area contributed by atoms with Crippen molar-refractivity contribution in [2.75, 3.05) is 5.73 Å². The molecule has 0 saturated heterocycles. The molecule has 2 rings (SSSR count). The number of nitrogen functional groups attached to an aromatic ring is 1. The molecule has 2 aromatic rings. The number of para-hydroxylation sites is 1. The van der Waals surface area contributed by atoms with Crippen LogP contribution in [0.1, 0.15) is 35.9 Å². The molecule has 0 aliphatic heterocycles. The molecule has 0 atom stereocenters. The normalized spacial score (nSPS) is 10.7. The first-order valence-electron chi connectivity index (χ1n) is 6.13. The fourth-order valence-corrected chi connectivity index (χ4v) is 1.64. The number of aromatic nitrogens is 2. The minimum absolute atomic E-state index is 0.146. The van der Waals surface area contributed by atoms with E-state index in [1.54, 1.807) is 24.3 Å². The Balaban J connectivity index is 1.98. The average Bonchev–Trinajstić information content (AvgIpc) is 2.85. The largest absolute Gasteiger partial charge is 0.455 e. The van der Waals surface area contributed by atoms with Gasteiger partial charge < -0.3 is 10.5 Å². The second-order valence-corrected chi connectivity index (χ2v) is 4.54. The van der Waals surface area contributed by atoms with Gasteiger partial charge in [-0.2, -0.15) is 5.10 Å². The van der Waals surface area contributed by atoms with Crippen LogP contribution in [0.2, 0.25) is 0 Å². The summed E-state index contributed by atoms with van der Waals surface area (Å²) < 4.78 is 7.01. The third-order valence-electron chi connectivity index (χ3n) is 2.72. The van der Waals surface area contributed by atoms with Crippen LogP contribution >= 0.6 is 0 Å². The van der Waals surface area contributed by atoms with Gasteiger partial charge in [-0.15, -0.1) is 0 Å². The van der Waals surface area contributed by atoms with Gasteiger partial charge in [0.15, 0.2) is 0 Å². The maximum atomic E-state index is 11.8. The van der Waals surface area contributed by atoms with Crippen molar-refractivity contribution in [1.29, 1.82) is 0 Å². The number of rotatable bonds is 4. The summed E-state index contributed by atoms with van der Waals surface area (Å²) in [5, 5.41) is 4.31. The summed E-state index contributed by atoms with van der Waals surface area (Å²) in [5.41, 5.74) is 7.23. The van der Waals surface area contributed by atoms with E-state index in [9.17, 15) is 4.79 Å². The second kappa shape index (κ2) is 5.56. The smallest absolute Gasteiger partial charge is 0.340 e. The highest BCUT2D eigenvalue weighted by atomic mass is 16.5. The monoisotopic (exact) mass is 259 g/mol. The van der Waals surface area contributed by atoms with Gasteiger partial charge in [0.1, 0.15) is 6.61 Å². The van der Waals surface area contributed by atoms with Crippen molar-refractivity contribution in [1.82, 2.24) is 9.78 Å². The third-order valence-corrected chi connectivity index (χ3v) is 2.72. The molecule has 5 nitrogen and oxygen atoms in total. The maximum Gasteiger partial charge on any atom is 0.340 e. The summed E-state index contributed by atoms with van der Waals surface area (Å²) in [4.78, 5) is 11.8. The Morgan fingerprint density at radius 1 is 1.37 bits per heavy atom. The quantitative estimate of drug-likeness (QED) is 0.676. The lowest BCUT2D eigenvalue weighted by Crippen LogP contribution is -2.09. The van der Waals surface area contributed by atoms with E-state index in [0.717, 1.165) is 5.69 Å². The molecule has 1 heterocycles. The van der Waals surface area contributed by atoms with E-state index in [1.165, 1.54) is 0 Å². The van der Waals surface area contributed by atoms with Crippen molar-refractivity contribution in [2.24, 2.45) is 0 Å². The molecule has 5 heteroatoms. The number of nitrogens with two attached hydrogens (primary N) is 1. The molecule has 19 heavy (non-hydrogen) atoms. The summed E-state index contributed by atoms with van der Waals surface area (Å²) in [6.07, 6.45) is 1.87. The van der Waals surface area contributed by atoms with E-state index >= 15 is 0 Å². The molecular weight excluding hydrogens is 242 g/mol. The van der Waals surface area contributed by atoms with Crippen LogP contribution in [0.25, 0.3) is 0 Å². The van der Waals surface area contributed by atoms with E-state index < -0.39 is 5.97 Å². The molecule has 100 valence electrons. The first kappa shape index (κ1) is 13.1. The molecule has 0 bridgehead atoms. The molecule has 0 fully saturated rings. The number of hydrogen-bond acceptors (Lipinski definition) is 4. The topological polar surface area (TPSA) is 70.1 Å². The fraction of sp³-hybridized carbons (Fsp3) is 0.286. The van der Waals surface area contributed by atoms with Gasteiger partial charge in [-0.25, -0.2) is 4.79 Å². The lowest BCUT2D eigenvalue weighted by molar-refractivity contribution is 0.0468. The van der Waals surface area contributed by atoms with Gasteiger partial charge >= 0.3 is 5.97 Å². The van der Waals surface area contributed by atoms with E-state index in [0.29, 0.717) is 11.3 Å². The molecule has 0 aliphatic rings. The zero-order valence-electron chi connectivity index (χ0n) is 11.0. The molecule has 2 N–H and O–H groups in total. The summed E-state index contributed by atoms with van der Waals surface area (Å²) in [7, 11) is 0. The highest BCUT2D eigenvalue weighted by Gasteiger charge is 2.11. The molecule has 0 amide bonds. The molecule has 0 spiro atoms. The number of carbonyl (C=O) groups excluding carboxylic acids is 1. The van der Waals surface area contributed by atoms with Crippen molar-refractivity contribution >= 4 is 11.7 Å². The van der Waals surface area contributed by atoms with Crippen molar-refractivity contribution < 1.29 is 9.53 Å². The zero-order valence-corrected chi connectivity index (χ0v) is 11.0. The molecule has 0 aliphatic carbocycles. The van der Waals surface area contributed by atoms with Crippen molar-refractivity contribution in [2.45, 2.75) is 26.5 Å². The Hall–Kier alpha value is -2.30. The highest BCUT2D eigenvalue weighted by Crippen LogP contribution is 2.13. The van der Waals surface area contributed by atoms with E-state index in [2.05, 4.69) is 5.10 Å². The Kier molecular flexibility index (Phi) is 3.85. The predicted octanol–water partition coefficient (Wildman–Crippen LogP) is 2.40. The Labute approximate surface area is 112 Å². The van der Waals surface area contributed by atoms with Gasteiger partial charge in [0, 0.05) is 17.9 Å². The number of ether oxygens (including phenoxy) is 1. The minimum Gasteiger partial charge on any atom is -0.455 e. The summed E-state index contributed by atoms with van der Waals surface area (Å²) in [6.45, 7) is 4.22. The van der Waals surface area contributed by atoms with Gasteiger partial charge in [0.2, 0.25) is 0 Å². The number of hydrogen-bond donors (Lipinski definition) is 1. The van der Waals surface area contributed by atoms with Crippen LogP contribution in [-0.4, -0.2) is 15.7 Å². The number of nitrogens with zero attached hydrogens (tertiary/aromatic N) is 2. The van der Waals surface area contributed by atoms with Crippen LogP contribution in [0.15, 0.2) is 36.5 Å². The molecule has 1 aromatic heterocycles. The van der Waals surface area contributed by atoms with Crippen molar-refractivity contribution in [3.05, 3.63) is 47.8 Å². The number of benzene rings is 1. The van der Waals surface area contributed by atoms with Crippen LogP contribution in [-0.2, 0) is 11.3 Å². The van der Waals surface area contributed by atoms with Gasteiger partial charge in [-0.3, -0.25) is 4.68 Å². The second-order valence-electron chi connectivity index (χ2n) is 4.54. The number of anilines is 1. The van der Waals surface area contributed by atoms with Crippen LogP contribution in [0.3, 0.4) is 0 Å². The Bertz CT molecular complexity index is 576. The van der Waals surface area contributed by atoms with Crippen LogP contribution in [0.4, 0.5) is 5.69 Å². The minimum atomic E-state index is -0.433. The summed E-state index contributed by atoms with van der Waals surface area (Å²) in [5.74, 6) is -0.433. The van der Waals surface area contributed by atoms with E-state index in [-0.39, 0.29) is 12.6 Å². The molecule has 0 radical (unpaired) electrons. The lowest BCUT2D eigenvalue weighted by atomic mass is 10.2. The average molecular weight is 259 g/mol. The summed E-state index contributed by atoms with van der Waals surface area (Å²) in [6, 6.07) is 8.96. The Morgan fingerprint density at radius 3 is 2.74 bits per heavy atom. The first-order valence-corrected chi connectivity index (χ1v) is 6.13. The molecule has 1 aromatic carbocycles. The van der Waals surface area contributed by atoms with Gasteiger partial charge in [-0.05, 0) is 32.0 Å². The van der Waals surface area contributed by atoms with E-state index in [1.807, 2.05) is 30.8 Å². The van der Waals surface area contributed by atoms with Gasteiger partial charge in [-0.1, -0.05) is 12.1 Å². The molecule has 0 unspecified atom stereocenters. The Morgan fingerprint density at radius 2 is 2.11 bits per heavy atom. The number of carbonyl (C=O) groups is 1. The first-order chi connectivity index (χ1) is 9.08. The van der Waals surface area contributed by atoms with Crippen LogP contribution < -0.4 is 5.73 Å².